The number of hydrogen-bond acceptors (Lipinski definition) is 5. The number of nitrogens with zero attached hydrogens (tertiary/aromatic N) is 2. The number of carbonyl (C=O) groups is 1. The summed E-state index contributed by atoms with van der Waals surface area (Å²) in [6.45, 7) is 3.13. The van der Waals surface area contributed by atoms with Crippen molar-refractivity contribution >= 4 is 5.91 Å². The van der Waals surface area contributed by atoms with Gasteiger partial charge in [-0.25, -0.2) is 4.98 Å². The summed E-state index contributed by atoms with van der Waals surface area (Å²) in [5.41, 5.74) is 6.76. The Bertz CT molecular complexity index is 727. The quantitative estimate of drug-likeness (QED) is 0.882. The van der Waals surface area contributed by atoms with E-state index in [1.165, 1.54) is 25.1 Å². The summed E-state index contributed by atoms with van der Waals surface area (Å²) >= 11 is 0. The van der Waals surface area contributed by atoms with Crippen molar-refractivity contribution in [3.63, 3.8) is 0 Å². The van der Waals surface area contributed by atoms with Gasteiger partial charge in [0.15, 0.2) is 0 Å². The molecule has 2 aromatic rings. The Kier molecular flexibility index (Phi) is 4.96. The Morgan fingerprint density at radius 2 is 2.04 bits per heavy atom. The maximum atomic E-state index is 11.2. The first-order chi connectivity index (χ1) is 11.7. The van der Waals surface area contributed by atoms with Gasteiger partial charge in [0.05, 0.1) is 7.11 Å². The van der Waals surface area contributed by atoms with E-state index in [0.717, 1.165) is 30.9 Å². The molecule has 3 rings (SSSR count). The second-order valence-corrected chi connectivity index (χ2v) is 5.81. The fourth-order valence-electron chi connectivity index (χ4n) is 2.84. The molecule has 0 atom stereocenters. The first-order valence-electron chi connectivity index (χ1n) is 7.98. The summed E-state index contributed by atoms with van der Waals surface area (Å²) in [7, 11) is 1.65. The van der Waals surface area contributed by atoms with Gasteiger partial charge in [0.25, 0.3) is 0 Å². The largest absolute Gasteiger partial charge is 0.496 e. The molecular formula is C18H21N3O3. The highest BCUT2D eigenvalue weighted by atomic mass is 16.5. The monoisotopic (exact) mass is 327 g/mol. The molecule has 24 heavy (non-hydrogen) atoms. The van der Waals surface area contributed by atoms with E-state index in [9.17, 15) is 4.79 Å². The minimum atomic E-state index is -0.513. The standard InChI is InChI=1S/C18H21N3O3/c1-23-16-11-15(5-4-14(16)12-21-8-2-3-9-21)24-17-10-13(18(19)22)6-7-20-17/h4-7,10-11H,2-3,8-9,12H2,1H3,(H2,19,22). The molecule has 0 radical (unpaired) electrons. The number of amides is 1. The third kappa shape index (κ3) is 3.83. The highest BCUT2D eigenvalue weighted by Crippen LogP contribution is 2.29. The van der Waals surface area contributed by atoms with Crippen molar-refractivity contribution in [2.75, 3.05) is 20.2 Å². The molecule has 6 nitrogen and oxygen atoms in total. The van der Waals surface area contributed by atoms with Crippen LogP contribution in [0.15, 0.2) is 36.5 Å². The number of rotatable bonds is 6. The van der Waals surface area contributed by atoms with Crippen LogP contribution in [-0.4, -0.2) is 36.0 Å². The van der Waals surface area contributed by atoms with Crippen molar-refractivity contribution in [2.24, 2.45) is 5.73 Å². The van der Waals surface area contributed by atoms with E-state index in [1.807, 2.05) is 18.2 Å². The maximum Gasteiger partial charge on any atom is 0.248 e. The van der Waals surface area contributed by atoms with Crippen LogP contribution in [0.25, 0.3) is 0 Å². The fraction of sp³-hybridized carbons (Fsp3) is 0.333. The number of benzene rings is 1. The van der Waals surface area contributed by atoms with Crippen molar-refractivity contribution in [3.8, 4) is 17.4 Å². The number of likely N-dealkylation sites (tertiary alicyclic amines) is 1. The molecule has 1 aromatic carbocycles. The van der Waals surface area contributed by atoms with E-state index in [1.54, 1.807) is 13.2 Å². The lowest BCUT2D eigenvalue weighted by molar-refractivity contribution is 0.1000. The van der Waals surface area contributed by atoms with Crippen LogP contribution < -0.4 is 15.2 Å². The predicted molar refractivity (Wildman–Crippen MR) is 90.3 cm³/mol. The van der Waals surface area contributed by atoms with Gasteiger partial charge in [0, 0.05) is 36.0 Å². The average Bonchev–Trinajstić information content (AvgIpc) is 3.09. The van der Waals surface area contributed by atoms with E-state index in [4.69, 9.17) is 15.2 Å². The molecule has 1 aliphatic rings. The second kappa shape index (κ2) is 7.31. The number of methoxy groups -OCH3 is 1. The molecule has 2 N–H and O–H groups in total. The van der Waals surface area contributed by atoms with Crippen LogP contribution in [0.1, 0.15) is 28.8 Å². The van der Waals surface area contributed by atoms with Crippen LogP contribution in [-0.2, 0) is 6.54 Å². The third-order valence-corrected chi connectivity index (χ3v) is 4.09. The molecular weight excluding hydrogens is 306 g/mol. The van der Waals surface area contributed by atoms with Gasteiger partial charge in [0.1, 0.15) is 11.5 Å². The fourth-order valence-corrected chi connectivity index (χ4v) is 2.84. The second-order valence-electron chi connectivity index (χ2n) is 5.81. The Labute approximate surface area is 141 Å². The number of nitrogens with two attached hydrogens (primary N) is 1. The smallest absolute Gasteiger partial charge is 0.248 e. The van der Waals surface area contributed by atoms with Crippen LogP contribution in [0.2, 0.25) is 0 Å². The van der Waals surface area contributed by atoms with Gasteiger partial charge in [-0.2, -0.15) is 0 Å². The molecule has 1 aromatic heterocycles. The van der Waals surface area contributed by atoms with Crippen LogP contribution in [0.4, 0.5) is 0 Å². The lowest BCUT2D eigenvalue weighted by Gasteiger charge is -2.17. The van der Waals surface area contributed by atoms with Crippen molar-refractivity contribution in [1.29, 1.82) is 0 Å². The molecule has 1 saturated heterocycles. The first-order valence-corrected chi connectivity index (χ1v) is 7.98. The summed E-state index contributed by atoms with van der Waals surface area (Å²) in [5.74, 6) is 1.19. The summed E-state index contributed by atoms with van der Waals surface area (Å²) in [6, 6.07) is 8.79. The number of aromatic nitrogens is 1. The topological polar surface area (TPSA) is 77.7 Å². The van der Waals surface area contributed by atoms with Gasteiger partial charge < -0.3 is 15.2 Å². The minimum Gasteiger partial charge on any atom is -0.496 e. The van der Waals surface area contributed by atoms with Crippen LogP contribution in [0.3, 0.4) is 0 Å². The molecule has 0 unspecified atom stereocenters. The number of primary amides is 1. The molecule has 1 aliphatic heterocycles. The molecule has 126 valence electrons. The van der Waals surface area contributed by atoms with Crippen molar-refractivity contribution in [1.82, 2.24) is 9.88 Å². The van der Waals surface area contributed by atoms with Crippen LogP contribution in [0.5, 0.6) is 17.4 Å². The minimum absolute atomic E-state index is 0.320. The van der Waals surface area contributed by atoms with E-state index < -0.39 is 5.91 Å². The van der Waals surface area contributed by atoms with E-state index in [-0.39, 0.29) is 0 Å². The van der Waals surface area contributed by atoms with Gasteiger partial charge in [-0.3, -0.25) is 9.69 Å². The van der Waals surface area contributed by atoms with Gasteiger partial charge in [-0.15, -0.1) is 0 Å². The Balaban J connectivity index is 1.76. The summed E-state index contributed by atoms with van der Waals surface area (Å²) in [4.78, 5) is 17.7. The van der Waals surface area contributed by atoms with Crippen molar-refractivity contribution in [3.05, 3.63) is 47.7 Å². The molecule has 1 fully saturated rings. The lowest BCUT2D eigenvalue weighted by Crippen LogP contribution is -2.18. The highest BCUT2D eigenvalue weighted by Gasteiger charge is 2.15. The average molecular weight is 327 g/mol. The van der Waals surface area contributed by atoms with E-state index >= 15 is 0 Å². The summed E-state index contributed by atoms with van der Waals surface area (Å²) < 4.78 is 11.2. The van der Waals surface area contributed by atoms with Gasteiger partial charge in [-0.05, 0) is 38.1 Å². The van der Waals surface area contributed by atoms with Crippen LogP contribution in [0, 0.1) is 0 Å². The third-order valence-electron chi connectivity index (χ3n) is 4.09. The van der Waals surface area contributed by atoms with Crippen molar-refractivity contribution in [2.45, 2.75) is 19.4 Å². The molecule has 0 saturated carbocycles. The number of ether oxygens (including phenoxy) is 2. The van der Waals surface area contributed by atoms with E-state index in [0.29, 0.717) is 17.2 Å². The summed E-state index contributed by atoms with van der Waals surface area (Å²) in [5, 5.41) is 0. The molecule has 1 amide bonds. The lowest BCUT2D eigenvalue weighted by atomic mass is 10.2. The zero-order chi connectivity index (χ0) is 16.9. The van der Waals surface area contributed by atoms with E-state index in [2.05, 4.69) is 9.88 Å². The zero-order valence-corrected chi connectivity index (χ0v) is 13.7. The Hall–Kier alpha value is -2.60. The summed E-state index contributed by atoms with van der Waals surface area (Å²) in [6.07, 6.45) is 4.01. The SMILES string of the molecule is COc1cc(Oc2cc(C(N)=O)ccn2)ccc1CN1CCCC1. The predicted octanol–water partition coefficient (Wildman–Crippen LogP) is 2.58. The number of hydrogen-bond donors (Lipinski definition) is 1. The Morgan fingerprint density at radius 3 is 2.75 bits per heavy atom. The van der Waals surface area contributed by atoms with Gasteiger partial charge in [-0.1, -0.05) is 6.07 Å². The molecule has 2 heterocycles. The van der Waals surface area contributed by atoms with Gasteiger partial charge >= 0.3 is 0 Å². The molecule has 0 aliphatic carbocycles. The zero-order valence-electron chi connectivity index (χ0n) is 13.7. The molecule has 0 bridgehead atoms. The number of carbonyl (C=O) groups excluding carboxylic acids is 1. The molecule has 6 heteroatoms. The van der Waals surface area contributed by atoms with Crippen molar-refractivity contribution < 1.29 is 14.3 Å². The Morgan fingerprint density at radius 1 is 1.25 bits per heavy atom. The maximum absolute atomic E-state index is 11.2. The molecule has 0 spiro atoms. The highest BCUT2D eigenvalue weighted by molar-refractivity contribution is 5.92. The number of pyridine rings is 1. The normalized spacial score (nSPS) is 14.5. The van der Waals surface area contributed by atoms with Crippen LogP contribution >= 0.6 is 0 Å². The van der Waals surface area contributed by atoms with Gasteiger partial charge in [0.2, 0.25) is 11.8 Å². The first kappa shape index (κ1) is 16.3.